The van der Waals surface area contributed by atoms with Crippen LogP contribution >= 0.6 is 11.6 Å². The molecule has 0 bridgehead atoms. The van der Waals surface area contributed by atoms with Crippen LogP contribution in [0, 0.1) is 11.3 Å². The Morgan fingerprint density at radius 2 is 2.17 bits per heavy atom. The number of nitrogens with zero attached hydrogens (tertiary/aromatic N) is 4. The van der Waals surface area contributed by atoms with Gasteiger partial charge in [-0.25, -0.2) is 4.98 Å². The summed E-state index contributed by atoms with van der Waals surface area (Å²) in [6.07, 6.45) is 2.48. The van der Waals surface area contributed by atoms with Crippen molar-refractivity contribution >= 4 is 17.3 Å². The molecule has 0 N–H and O–H groups in total. The van der Waals surface area contributed by atoms with E-state index in [1.54, 1.807) is 12.3 Å². The van der Waals surface area contributed by atoms with Gasteiger partial charge in [0.15, 0.2) is 0 Å². The van der Waals surface area contributed by atoms with Crippen LogP contribution in [-0.4, -0.2) is 16.5 Å². The molecule has 118 valence electrons. The number of aromatic nitrogens is 2. The number of benzene rings is 1. The molecule has 0 saturated carbocycles. The molecule has 0 amide bonds. The molecule has 0 aliphatic carbocycles. The Morgan fingerprint density at radius 3 is 2.96 bits per heavy atom. The van der Waals surface area contributed by atoms with E-state index in [1.165, 1.54) is 0 Å². The molecule has 0 unspecified atom stereocenters. The van der Waals surface area contributed by atoms with Crippen molar-refractivity contribution < 1.29 is 4.42 Å². The van der Waals surface area contributed by atoms with Crippen LogP contribution in [0.25, 0.3) is 11.6 Å². The first-order chi connectivity index (χ1) is 11.7. The highest BCUT2D eigenvalue weighted by Gasteiger charge is 2.23. The lowest BCUT2D eigenvalue weighted by atomic mass is 10.1. The molecule has 0 fully saturated rings. The van der Waals surface area contributed by atoms with Crippen LogP contribution in [0.1, 0.15) is 17.0 Å². The second-order valence-corrected chi connectivity index (χ2v) is 6.02. The molecule has 1 aliphatic heterocycles. The first kappa shape index (κ1) is 14.7. The number of hydrogen-bond donors (Lipinski definition) is 0. The second kappa shape index (κ2) is 5.99. The summed E-state index contributed by atoms with van der Waals surface area (Å²) in [4.78, 5) is 11.0. The van der Waals surface area contributed by atoms with Gasteiger partial charge in [-0.1, -0.05) is 17.7 Å². The highest BCUT2D eigenvalue weighted by atomic mass is 35.5. The van der Waals surface area contributed by atoms with Crippen LogP contribution in [0.2, 0.25) is 5.02 Å². The fourth-order valence-corrected chi connectivity index (χ4v) is 3.07. The Balaban J connectivity index is 1.64. The quantitative estimate of drug-likeness (QED) is 0.711. The Labute approximate surface area is 144 Å². The number of hydrogen-bond acceptors (Lipinski definition) is 5. The van der Waals surface area contributed by atoms with Gasteiger partial charge in [0.05, 0.1) is 18.2 Å². The Kier molecular flexibility index (Phi) is 3.68. The summed E-state index contributed by atoms with van der Waals surface area (Å²) in [6.45, 7) is 1.41. The molecule has 3 heterocycles. The van der Waals surface area contributed by atoms with Crippen molar-refractivity contribution in [2.24, 2.45) is 0 Å². The molecule has 2 aromatic heterocycles. The first-order valence-electron chi connectivity index (χ1n) is 7.58. The number of halogens is 1. The van der Waals surface area contributed by atoms with Crippen molar-refractivity contribution in [2.45, 2.75) is 13.0 Å². The van der Waals surface area contributed by atoms with Crippen molar-refractivity contribution in [3.05, 3.63) is 64.6 Å². The van der Waals surface area contributed by atoms with Crippen LogP contribution in [0.3, 0.4) is 0 Å². The van der Waals surface area contributed by atoms with Crippen LogP contribution < -0.4 is 4.90 Å². The fourth-order valence-electron chi connectivity index (χ4n) is 2.84. The number of oxazole rings is 1. The topological polar surface area (TPSA) is 66.0 Å². The number of anilines is 1. The standard InChI is InChI=1S/C18H13ClN4O/c19-13-7-12(10-20)8-14(9-13)23-6-4-17-16(11-23)22-18(24-17)15-3-1-2-5-21-15/h1-3,5,7-9H,4,6,11H2. The number of pyridine rings is 1. The summed E-state index contributed by atoms with van der Waals surface area (Å²) in [7, 11) is 0. The van der Waals surface area contributed by atoms with Crippen molar-refractivity contribution in [2.75, 3.05) is 11.4 Å². The van der Waals surface area contributed by atoms with Gasteiger partial charge in [-0.3, -0.25) is 4.98 Å². The van der Waals surface area contributed by atoms with Crippen molar-refractivity contribution in [3.8, 4) is 17.7 Å². The lowest BCUT2D eigenvalue weighted by Gasteiger charge is -2.27. The van der Waals surface area contributed by atoms with E-state index in [-0.39, 0.29) is 0 Å². The predicted octanol–water partition coefficient (Wildman–Crippen LogP) is 3.82. The van der Waals surface area contributed by atoms with E-state index in [2.05, 4.69) is 20.9 Å². The zero-order valence-electron chi connectivity index (χ0n) is 12.7. The molecule has 6 heteroatoms. The molecule has 3 aromatic rings. The third-order valence-corrected chi connectivity index (χ3v) is 4.21. The molecule has 0 atom stereocenters. The molecular weight excluding hydrogens is 324 g/mol. The summed E-state index contributed by atoms with van der Waals surface area (Å²) in [6, 6.07) is 13.2. The minimum Gasteiger partial charge on any atom is -0.439 e. The summed E-state index contributed by atoms with van der Waals surface area (Å²) in [5.41, 5.74) is 3.11. The smallest absolute Gasteiger partial charge is 0.245 e. The Morgan fingerprint density at radius 1 is 1.25 bits per heavy atom. The van der Waals surface area contributed by atoms with Crippen molar-refractivity contribution in [3.63, 3.8) is 0 Å². The molecule has 0 spiro atoms. The van der Waals surface area contributed by atoms with E-state index >= 15 is 0 Å². The van der Waals surface area contributed by atoms with Gasteiger partial charge < -0.3 is 9.32 Å². The maximum Gasteiger partial charge on any atom is 0.245 e. The van der Waals surface area contributed by atoms with Gasteiger partial charge in [-0.05, 0) is 30.3 Å². The summed E-state index contributed by atoms with van der Waals surface area (Å²) < 4.78 is 5.87. The molecule has 4 rings (SSSR count). The van der Waals surface area contributed by atoms with Gasteiger partial charge in [0.25, 0.3) is 0 Å². The summed E-state index contributed by atoms with van der Waals surface area (Å²) >= 11 is 6.11. The molecule has 0 radical (unpaired) electrons. The van der Waals surface area contributed by atoms with Gasteiger partial charge in [0.2, 0.25) is 5.89 Å². The van der Waals surface area contributed by atoms with Gasteiger partial charge in [0, 0.05) is 29.9 Å². The molecular formula is C18H13ClN4O. The molecule has 24 heavy (non-hydrogen) atoms. The second-order valence-electron chi connectivity index (χ2n) is 5.59. The maximum absolute atomic E-state index is 9.11. The summed E-state index contributed by atoms with van der Waals surface area (Å²) in [5.74, 6) is 1.45. The van der Waals surface area contributed by atoms with Crippen molar-refractivity contribution in [1.29, 1.82) is 5.26 Å². The third kappa shape index (κ3) is 2.72. The minimum absolute atomic E-state index is 0.547. The van der Waals surface area contributed by atoms with E-state index in [0.717, 1.165) is 35.8 Å². The number of rotatable bonds is 2. The lowest BCUT2D eigenvalue weighted by molar-refractivity contribution is 0.498. The fraction of sp³-hybridized carbons (Fsp3) is 0.167. The minimum atomic E-state index is 0.547. The largest absolute Gasteiger partial charge is 0.439 e. The van der Waals surface area contributed by atoms with Gasteiger partial charge >= 0.3 is 0 Å². The van der Waals surface area contributed by atoms with Crippen LogP contribution in [0.5, 0.6) is 0 Å². The van der Waals surface area contributed by atoms with E-state index in [1.807, 2.05) is 30.3 Å². The van der Waals surface area contributed by atoms with Crippen molar-refractivity contribution in [1.82, 2.24) is 9.97 Å². The number of nitriles is 1. The average molecular weight is 337 g/mol. The average Bonchev–Trinajstić information content (AvgIpc) is 3.05. The number of fused-ring (bicyclic) bond motifs is 1. The predicted molar refractivity (Wildman–Crippen MR) is 90.7 cm³/mol. The molecule has 1 aromatic carbocycles. The highest BCUT2D eigenvalue weighted by molar-refractivity contribution is 6.31. The van der Waals surface area contributed by atoms with E-state index in [9.17, 15) is 0 Å². The first-order valence-corrected chi connectivity index (χ1v) is 7.96. The van der Waals surface area contributed by atoms with E-state index in [0.29, 0.717) is 23.0 Å². The van der Waals surface area contributed by atoms with E-state index < -0.39 is 0 Å². The van der Waals surface area contributed by atoms with Crippen LogP contribution in [0.4, 0.5) is 5.69 Å². The van der Waals surface area contributed by atoms with Gasteiger partial charge in [-0.2, -0.15) is 5.26 Å². The highest BCUT2D eigenvalue weighted by Crippen LogP contribution is 2.29. The normalized spacial score (nSPS) is 13.4. The Hall–Kier alpha value is -2.84. The lowest BCUT2D eigenvalue weighted by Crippen LogP contribution is -2.30. The molecule has 1 aliphatic rings. The Bertz CT molecular complexity index is 930. The monoisotopic (exact) mass is 336 g/mol. The third-order valence-electron chi connectivity index (χ3n) is 3.99. The SMILES string of the molecule is N#Cc1cc(Cl)cc(N2CCc3oc(-c4ccccn4)nc3C2)c1. The zero-order chi connectivity index (χ0) is 16.5. The zero-order valence-corrected chi connectivity index (χ0v) is 13.5. The van der Waals surface area contributed by atoms with E-state index in [4.69, 9.17) is 21.3 Å². The van der Waals surface area contributed by atoms with Gasteiger partial charge in [-0.15, -0.1) is 0 Å². The van der Waals surface area contributed by atoms with Crippen LogP contribution in [-0.2, 0) is 13.0 Å². The molecule has 0 saturated heterocycles. The van der Waals surface area contributed by atoms with Gasteiger partial charge in [0.1, 0.15) is 17.1 Å². The maximum atomic E-state index is 9.11. The summed E-state index contributed by atoms with van der Waals surface area (Å²) in [5, 5.41) is 9.67. The van der Waals surface area contributed by atoms with Crippen LogP contribution in [0.15, 0.2) is 47.0 Å². The molecule has 5 nitrogen and oxygen atoms in total.